The van der Waals surface area contributed by atoms with Gasteiger partial charge in [0.05, 0.1) is 21.5 Å². The first-order chi connectivity index (χ1) is 10.4. The van der Waals surface area contributed by atoms with Gasteiger partial charge in [-0.2, -0.15) is 17.6 Å². The molecule has 8 heteroatoms. The summed E-state index contributed by atoms with van der Waals surface area (Å²) in [5.41, 5.74) is 1.08. The first-order valence-electron chi connectivity index (χ1n) is 6.36. The molecule has 0 spiro atoms. The van der Waals surface area contributed by atoms with Crippen molar-refractivity contribution in [2.45, 2.75) is 11.8 Å². The lowest BCUT2D eigenvalue weighted by Crippen LogP contribution is -2.14. The average molecular weight is 318 g/mol. The quantitative estimate of drug-likeness (QED) is 0.748. The molecule has 0 aliphatic heterocycles. The molecule has 1 N–H and O–H groups in total. The van der Waals surface area contributed by atoms with Crippen LogP contribution in [0.3, 0.4) is 0 Å². The minimum absolute atomic E-state index is 0.0756. The molecule has 3 aromatic rings. The molecule has 0 amide bonds. The van der Waals surface area contributed by atoms with Gasteiger partial charge >= 0.3 is 5.69 Å². The average Bonchev–Trinajstić information content (AvgIpc) is 2.91. The topological polar surface area (TPSA) is 92.3 Å². The summed E-state index contributed by atoms with van der Waals surface area (Å²) in [6, 6.07) is 10.5. The number of rotatable bonds is 3. The van der Waals surface area contributed by atoms with Crippen molar-refractivity contribution in [2.24, 2.45) is 0 Å². The van der Waals surface area contributed by atoms with Crippen LogP contribution in [0.25, 0.3) is 10.9 Å². The molecule has 0 unspecified atom stereocenters. The number of hydrogen-bond acceptors (Lipinski definition) is 4. The Morgan fingerprint density at radius 2 is 1.82 bits per heavy atom. The van der Waals surface area contributed by atoms with Gasteiger partial charge in [-0.1, -0.05) is 17.7 Å². The number of aromatic nitrogens is 2. The standard InChI is InChI=1S/C14H12N3O4S/c1-10-2-6-13(7-3-10)22(20,21)16-14-8-12(17(18)19)5-4-11(14)9-15-16/h2-9H,1H3,(H,18,19)/q+1. The van der Waals surface area contributed by atoms with Gasteiger partial charge in [-0.05, 0) is 25.1 Å². The zero-order valence-electron chi connectivity index (χ0n) is 11.5. The molecule has 3 rings (SSSR count). The van der Waals surface area contributed by atoms with Crippen molar-refractivity contribution in [3.8, 4) is 0 Å². The van der Waals surface area contributed by atoms with Crippen molar-refractivity contribution in [1.82, 2.24) is 9.19 Å². The Morgan fingerprint density at radius 1 is 1.14 bits per heavy atom. The van der Waals surface area contributed by atoms with Gasteiger partial charge < -0.3 is 0 Å². The summed E-state index contributed by atoms with van der Waals surface area (Å²) in [5.74, 6) is 0. The first-order valence-corrected chi connectivity index (χ1v) is 7.80. The third-order valence-electron chi connectivity index (χ3n) is 3.29. The molecule has 0 radical (unpaired) electrons. The number of fused-ring (bicyclic) bond motifs is 1. The van der Waals surface area contributed by atoms with E-state index in [2.05, 4.69) is 5.10 Å². The van der Waals surface area contributed by atoms with Crippen molar-refractivity contribution in [2.75, 3.05) is 0 Å². The van der Waals surface area contributed by atoms with E-state index < -0.39 is 10.0 Å². The van der Waals surface area contributed by atoms with Crippen molar-refractivity contribution in [3.63, 3.8) is 0 Å². The van der Waals surface area contributed by atoms with E-state index in [1.165, 1.54) is 36.5 Å². The summed E-state index contributed by atoms with van der Waals surface area (Å²) in [6.45, 7) is 1.86. The van der Waals surface area contributed by atoms with Gasteiger partial charge in [0.2, 0.25) is 0 Å². The van der Waals surface area contributed by atoms with Crippen molar-refractivity contribution in [1.29, 1.82) is 0 Å². The molecule has 1 heterocycles. The molecular formula is C14H12N3O4S+. The largest absolute Gasteiger partial charge is 0.318 e. The predicted octanol–water partition coefficient (Wildman–Crippen LogP) is 2.38. The highest BCUT2D eigenvalue weighted by Crippen LogP contribution is 2.24. The van der Waals surface area contributed by atoms with Gasteiger partial charge in [0.1, 0.15) is 0 Å². The molecule has 2 aromatic carbocycles. The lowest BCUT2D eigenvalue weighted by Gasteiger charge is -2.06. The normalized spacial score (nSPS) is 11.7. The maximum atomic E-state index is 12.6. The van der Waals surface area contributed by atoms with E-state index in [-0.39, 0.29) is 21.0 Å². The molecule has 0 fully saturated rings. The Kier molecular flexibility index (Phi) is 3.18. The summed E-state index contributed by atoms with van der Waals surface area (Å²) in [6.07, 6.45) is 1.39. The molecule has 7 nitrogen and oxygen atoms in total. The molecular weight excluding hydrogens is 306 g/mol. The summed E-state index contributed by atoms with van der Waals surface area (Å²) in [7, 11) is -3.88. The molecule has 1 aromatic heterocycles. The van der Waals surface area contributed by atoms with E-state index in [9.17, 15) is 13.3 Å². The zero-order chi connectivity index (χ0) is 15.9. The van der Waals surface area contributed by atoms with Crippen LogP contribution in [0.15, 0.2) is 53.6 Å². The lowest BCUT2D eigenvalue weighted by molar-refractivity contribution is -0.729. The smallest absolute Gasteiger partial charge is 0.241 e. The molecule has 22 heavy (non-hydrogen) atoms. The van der Waals surface area contributed by atoms with Crippen molar-refractivity contribution < 1.29 is 18.5 Å². The Bertz CT molecular complexity index is 975. The Hall–Kier alpha value is -2.74. The highest BCUT2D eigenvalue weighted by atomic mass is 32.2. The van der Waals surface area contributed by atoms with Crippen LogP contribution >= 0.6 is 0 Å². The minimum atomic E-state index is -3.88. The van der Waals surface area contributed by atoms with Crippen LogP contribution in [0.4, 0.5) is 5.69 Å². The number of hydrogen-bond donors (Lipinski definition) is 1. The van der Waals surface area contributed by atoms with Crippen LogP contribution in [0.1, 0.15) is 5.56 Å². The molecule has 0 saturated carbocycles. The van der Waals surface area contributed by atoms with Crippen LogP contribution in [-0.4, -0.2) is 27.7 Å². The third-order valence-corrected chi connectivity index (χ3v) is 4.90. The number of benzene rings is 2. The molecule has 0 atom stereocenters. The van der Waals surface area contributed by atoms with E-state index >= 15 is 0 Å². The van der Waals surface area contributed by atoms with E-state index in [4.69, 9.17) is 5.21 Å². The van der Waals surface area contributed by atoms with Gasteiger partial charge in [-0.25, -0.2) is 5.21 Å². The van der Waals surface area contributed by atoms with Gasteiger partial charge in [-0.15, -0.1) is 0 Å². The second-order valence-corrected chi connectivity index (χ2v) is 6.59. The lowest BCUT2D eigenvalue weighted by atomic mass is 10.2. The number of nitrogens with zero attached hydrogens (tertiary/aromatic N) is 3. The molecule has 0 aliphatic rings. The van der Waals surface area contributed by atoms with Crippen molar-refractivity contribution in [3.05, 3.63) is 59.1 Å². The zero-order valence-corrected chi connectivity index (χ0v) is 12.4. The van der Waals surface area contributed by atoms with Crippen LogP contribution in [0.2, 0.25) is 0 Å². The third kappa shape index (κ3) is 2.23. The number of aryl methyl sites for hydroxylation is 1. The molecule has 112 valence electrons. The van der Waals surface area contributed by atoms with Gasteiger partial charge in [0.15, 0.2) is 0 Å². The maximum absolute atomic E-state index is 12.6. The highest BCUT2D eigenvalue weighted by Gasteiger charge is 2.22. The second-order valence-electron chi connectivity index (χ2n) is 4.82. The predicted molar refractivity (Wildman–Crippen MR) is 78.6 cm³/mol. The molecule has 0 aliphatic carbocycles. The van der Waals surface area contributed by atoms with Crippen LogP contribution in [0, 0.1) is 11.8 Å². The van der Waals surface area contributed by atoms with Gasteiger partial charge in [-0.3, -0.25) is 0 Å². The molecule has 0 saturated heterocycles. The maximum Gasteiger partial charge on any atom is 0.318 e. The first kappa shape index (κ1) is 14.2. The molecule has 0 bridgehead atoms. The van der Waals surface area contributed by atoms with Crippen molar-refractivity contribution >= 4 is 26.6 Å². The summed E-state index contributed by atoms with van der Waals surface area (Å²) >= 11 is 0. The fourth-order valence-electron chi connectivity index (χ4n) is 2.10. The second kappa shape index (κ2) is 4.92. The fraction of sp³-hybridized carbons (Fsp3) is 0.0714. The summed E-state index contributed by atoms with van der Waals surface area (Å²) in [4.78, 5) is 10.7. The Balaban J connectivity index is 2.22. The van der Waals surface area contributed by atoms with Crippen LogP contribution < -0.4 is 0 Å². The Labute approximate surface area is 126 Å². The summed E-state index contributed by atoms with van der Waals surface area (Å²) in [5, 5.41) is 13.4. The van der Waals surface area contributed by atoms with E-state index in [0.717, 1.165) is 9.65 Å². The van der Waals surface area contributed by atoms with Crippen LogP contribution in [-0.2, 0) is 10.0 Å². The SMILES string of the molecule is Cc1ccc(S(=O)(=O)n2ncc3ccc([N+](=O)O)cc32)cc1. The highest BCUT2D eigenvalue weighted by molar-refractivity contribution is 7.90. The monoisotopic (exact) mass is 318 g/mol. The van der Waals surface area contributed by atoms with Gasteiger partial charge in [0, 0.05) is 17.5 Å². The van der Waals surface area contributed by atoms with Gasteiger partial charge in [0.25, 0.3) is 14.9 Å². The Morgan fingerprint density at radius 3 is 2.45 bits per heavy atom. The summed E-state index contributed by atoms with van der Waals surface area (Å²) < 4.78 is 26.1. The van der Waals surface area contributed by atoms with Crippen LogP contribution in [0.5, 0.6) is 0 Å². The van der Waals surface area contributed by atoms with E-state index in [1.807, 2.05) is 6.92 Å². The van der Waals surface area contributed by atoms with E-state index in [0.29, 0.717) is 5.39 Å². The van der Waals surface area contributed by atoms with E-state index in [1.54, 1.807) is 12.1 Å². The fourth-order valence-corrected chi connectivity index (χ4v) is 3.37. The minimum Gasteiger partial charge on any atom is -0.241 e.